The molecular formula is C14H11FN2O3. The molecule has 0 spiro atoms. The molecule has 5 nitrogen and oxygen atoms in total. The van der Waals surface area contributed by atoms with Gasteiger partial charge in [0.15, 0.2) is 11.9 Å². The molecule has 0 aliphatic rings. The molecule has 2 aromatic rings. The molecule has 0 saturated heterocycles. The summed E-state index contributed by atoms with van der Waals surface area (Å²) >= 11 is 0. The van der Waals surface area contributed by atoms with Crippen LogP contribution in [0.2, 0.25) is 0 Å². The molecule has 0 unspecified atom stereocenters. The van der Waals surface area contributed by atoms with Crippen LogP contribution < -0.4 is 5.32 Å². The van der Waals surface area contributed by atoms with E-state index in [1.165, 1.54) is 12.3 Å². The van der Waals surface area contributed by atoms with Gasteiger partial charge in [-0.2, -0.15) is 0 Å². The molecule has 102 valence electrons. The summed E-state index contributed by atoms with van der Waals surface area (Å²) in [6, 6.07) is 8.14. The van der Waals surface area contributed by atoms with Gasteiger partial charge in [0, 0.05) is 6.20 Å². The number of carbonyl (C=O) groups is 2. The fourth-order valence-corrected chi connectivity index (χ4v) is 1.70. The van der Waals surface area contributed by atoms with Crippen molar-refractivity contribution >= 4 is 11.9 Å². The number of aliphatic carboxylic acids is 1. The first-order chi connectivity index (χ1) is 9.59. The predicted octanol–water partition coefficient (Wildman–Crippen LogP) is 1.78. The number of nitrogens with one attached hydrogen (secondary N) is 1. The van der Waals surface area contributed by atoms with Crippen molar-refractivity contribution in [1.82, 2.24) is 10.3 Å². The number of pyridine rings is 1. The van der Waals surface area contributed by atoms with Crippen LogP contribution in [0, 0.1) is 5.82 Å². The lowest BCUT2D eigenvalue weighted by molar-refractivity contribution is -0.139. The molecule has 2 N–H and O–H groups in total. The molecule has 0 saturated carbocycles. The highest BCUT2D eigenvalue weighted by Crippen LogP contribution is 2.14. The number of rotatable bonds is 4. The molecule has 1 amide bonds. The van der Waals surface area contributed by atoms with Gasteiger partial charge < -0.3 is 10.4 Å². The monoisotopic (exact) mass is 274 g/mol. The molecule has 0 aliphatic carbocycles. The molecule has 6 heteroatoms. The lowest BCUT2D eigenvalue weighted by atomic mass is 10.1. The molecule has 0 radical (unpaired) electrons. The number of hydrogen-bond donors (Lipinski definition) is 2. The number of aromatic nitrogens is 1. The van der Waals surface area contributed by atoms with E-state index in [4.69, 9.17) is 0 Å². The van der Waals surface area contributed by atoms with Crippen LogP contribution in [0.1, 0.15) is 22.0 Å². The van der Waals surface area contributed by atoms with Crippen molar-refractivity contribution in [1.29, 1.82) is 0 Å². The number of amides is 1. The molecule has 1 aromatic carbocycles. The van der Waals surface area contributed by atoms with E-state index in [1.807, 2.05) is 0 Å². The Morgan fingerprint density at radius 2 is 1.90 bits per heavy atom. The quantitative estimate of drug-likeness (QED) is 0.890. The minimum absolute atomic E-state index is 0.248. The zero-order chi connectivity index (χ0) is 14.5. The zero-order valence-electron chi connectivity index (χ0n) is 10.3. The second kappa shape index (κ2) is 5.92. The first-order valence-electron chi connectivity index (χ1n) is 5.77. The summed E-state index contributed by atoms with van der Waals surface area (Å²) in [5.41, 5.74) is 0.157. The number of carboxylic acids is 1. The fraction of sp³-hybridized carbons (Fsp3) is 0.0714. The topological polar surface area (TPSA) is 79.3 Å². The molecule has 0 fully saturated rings. The standard InChI is InChI=1S/C14H11FN2O3/c15-11-8-16-7-6-10(11)13(18)17-12(14(19)20)9-4-2-1-3-5-9/h1-8,12H,(H,17,18)(H,19,20)/t12-/m0/s1. The Kier molecular flexibility index (Phi) is 4.05. The van der Waals surface area contributed by atoms with Crippen molar-refractivity contribution in [2.24, 2.45) is 0 Å². The Labute approximate surface area is 114 Å². The van der Waals surface area contributed by atoms with Crippen molar-refractivity contribution in [3.8, 4) is 0 Å². The summed E-state index contributed by atoms with van der Waals surface area (Å²) in [5, 5.41) is 11.5. The van der Waals surface area contributed by atoms with Crippen LogP contribution in [-0.4, -0.2) is 22.0 Å². The van der Waals surface area contributed by atoms with Gasteiger partial charge in [-0.1, -0.05) is 30.3 Å². The van der Waals surface area contributed by atoms with Crippen molar-refractivity contribution in [3.05, 3.63) is 65.7 Å². The third-order valence-corrected chi connectivity index (χ3v) is 2.67. The normalized spacial score (nSPS) is 11.7. The van der Waals surface area contributed by atoms with E-state index in [0.717, 1.165) is 6.20 Å². The maximum Gasteiger partial charge on any atom is 0.330 e. The first-order valence-corrected chi connectivity index (χ1v) is 5.77. The number of nitrogens with zero attached hydrogens (tertiary/aromatic N) is 1. The molecule has 20 heavy (non-hydrogen) atoms. The molecule has 2 rings (SSSR count). The van der Waals surface area contributed by atoms with Crippen molar-refractivity contribution in [2.75, 3.05) is 0 Å². The van der Waals surface area contributed by atoms with E-state index in [2.05, 4.69) is 10.3 Å². The average Bonchev–Trinajstić information content (AvgIpc) is 2.45. The highest BCUT2D eigenvalue weighted by atomic mass is 19.1. The third-order valence-electron chi connectivity index (χ3n) is 2.67. The van der Waals surface area contributed by atoms with Crippen LogP contribution in [0.3, 0.4) is 0 Å². The minimum Gasteiger partial charge on any atom is -0.479 e. The van der Waals surface area contributed by atoms with Gasteiger partial charge in [-0.15, -0.1) is 0 Å². The Morgan fingerprint density at radius 3 is 2.50 bits per heavy atom. The Morgan fingerprint density at radius 1 is 1.20 bits per heavy atom. The van der Waals surface area contributed by atoms with Gasteiger partial charge >= 0.3 is 5.97 Å². The average molecular weight is 274 g/mol. The molecule has 1 heterocycles. The van der Waals surface area contributed by atoms with Crippen LogP contribution in [0.5, 0.6) is 0 Å². The highest BCUT2D eigenvalue weighted by molar-refractivity contribution is 5.96. The maximum absolute atomic E-state index is 13.4. The van der Waals surface area contributed by atoms with E-state index in [1.54, 1.807) is 30.3 Å². The van der Waals surface area contributed by atoms with Gasteiger partial charge in [0.25, 0.3) is 5.91 Å². The second-order valence-corrected chi connectivity index (χ2v) is 4.01. The van der Waals surface area contributed by atoms with Crippen LogP contribution in [0.15, 0.2) is 48.8 Å². The van der Waals surface area contributed by atoms with Crippen LogP contribution >= 0.6 is 0 Å². The third kappa shape index (κ3) is 2.97. The van der Waals surface area contributed by atoms with Gasteiger partial charge in [0.05, 0.1) is 11.8 Å². The number of carboxylic acid groups (broad SMARTS) is 1. The van der Waals surface area contributed by atoms with Gasteiger partial charge in [0.2, 0.25) is 0 Å². The molecule has 0 aliphatic heterocycles. The highest BCUT2D eigenvalue weighted by Gasteiger charge is 2.23. The van der Waals surface area contributed by atoms with E-state index in [9.17, 15) is 19.1 Å². The summed E-state index contributed by atoms with van der Waals surface area (Å²) in [7, 11) is 0. The lowest BCUT2D eigenvalue weighted by Gasteiger charge is -2.15. The van der Waals surface area contributed by atoms with Gasteiger partial charge in [-0.05, 0) is 11.6 Å². The number of benzene rings is 1. The molecule has 0 bridgehead atoms. The van der Waals surface area contributed by atoms with Crippen molar-refractivity contribution < 1.29 is 19.1 Å². The lowest BCUT2D eigenvalue weighted by Crippen LogP contribution is -2.34. The van der Waals surface area contributed by atoms with Gasteiger partial charge in [-0.3, -0.25) is 9.78 Å². The van der Waals surface area contributed by atoms with Gasteiger partial charge in [0.1, 0.15) is 0 Å². The zero-order valence-corrected chi connectivity index (χ0v) is 10.3. The van der Waals surface area contributed by atoms with Crippen LogP contribution in [0.25, 0.3) is 0 Å². The number of halogens is 1. The van der Waals surface area contributed by atoms with Crippen molar-refractivity contribution in [2.45, 2.75) is 6.04 Å². The summed E-state index contributed by atoms with van der Waals surface area (Å²) in [4.78, 5) is 26.7. The summed E-state index contributed by atoms with van der Waals surface area (Å²) in [6.07, 6.45) is 2.16. The Balaban J connectivity index is 2.24. The second-order valence-electron chi connectivity index (χ2n) is 4.01. The SMILES string of the molecule is O=C(N[C@H](C(=O)O)c1ccccc1)c1ccncc1F. The van der Waals surface area contributed by atoms with E-state index < -0.39 is 23.7 Å². The van der Waals surface area contributed by atoms with Crippen LogP contribution in [0.4, 0.5) is 4.39 Å². The molecule has 1 aromatic heterocycles. The van der Waals surface area contributed by atoms with Crippen molar-refractivity contribution in [3.63, 3.8) is 0 Å². The largest absolute Gasteiger partial charge is 0.479 e. The summed E-state index contributed by atoms with van der Waals surface area (Å²) in [6.45, 7) is 0. The molecule has 1 atom stereocenters. The fourth-order valence-electron chi connectivity index (χ4n) is 1.70. The first kappa shape index (κ1) is 13.7. The molecular weight excluding hydrogens is 263 g/mol. The Bertz CT molecular complexity index is 631. The maximum atomic E-state index is 13.4. The smallest absolute Gasteiger partial charge is 0.330 e. The van der Waals surface area contributed by atoms with E-state index in [-0.39, 0.29) is 5.56 Å². The Hall–Kier alpha value is -2.76. The van der Waals surface area contributed by atoms with E-state index >= 15 is 0 Å². The number of hydrogen-bond acceptors (Lipinski definition) is 3. The summed E-state index contributed by atoms with van der Waals surface area (Å²) < 4.78 is 13.4. The predicted molar refractivity (Wildman–Crippen MR) is 68.5 cm³/mol. The number of carbonyl (C=O) groups excluding carboxylic acids is 1. The minimum atomic E-state index is -1.24. The van der Waals surface area contributed by atoms with E-state index in [0.29, 0.717) is 5.56 Å². The van der Waals surface area contributed by atoms with Crippen LogP contribution in [-0.2, 0) is 4.79 Å². The van der Waals surface area contributed by atoms with Gasteiger partial charge in [-0.25, -0.2) is 9.18 Å². The summed E-state index contributed by atoms with van der Waals surface area (Å²) in [5.74, 6) is -2.83.